The fourth-order valence-corrected chi connectivity index (χ4v) is 2.69. The summed E-state index contributed by atoms with van der Waals surface area (Å²) in [5, 5.41) is 0. The second-order valence-corrected chi connectivity index (χ2v) is 6.35. The van der Waals surface area contributed by atoms with E-state index in [1.807, 2.05) is 24.2 Å². The second-order valence-electron chi connectivity index (χ2n) is 6.35. The number of carbonyl (C=O) groups is 1. The van der Waals surface area contributed by atoms with Crippen molar-refractivity contribution in [2.24, 2.45) is 0 Å². The van der Waals surface area contributed by atoms with E-state index in [0.717, 1.165) is 44.1 Å². The van der Waals surface area contributed by atoms with E-state index >= 15 is 0 Å². The molecule has 0 N–H and O–H groups in total. The van der Waals surface area contributed by atoms with Crippen LogP contribution in [0.25, 0.3) is 0 Å². The van der Waals surface area contributed by atoms with Gasteiger partial charge in [-0.05, 0) is 38.2 Å². The van der Waals surface area contributed by atoms with Gasteiger partial charge in [0.15, 0.2) is 0 Å². The molecule has 1 atom stereocenters. The molecule has 1 heterocycles. The molecule has 1 aromatic heterocycles. The lowest BCUT2D eigenvalue weighted by Gasteiger charge is -2.27. The minimum Gasteiger partial charge on any atom is -0.278 e. The van der Waals surface area contributed by atoms with Crippen LogP contribution in [0.4, 0.5) is 5.95 Å². The summed E-state index contributed by atoms with van der Waals surface area (Å²) in [6.45, 7) is 8.52. The van der Waals surface area contributed by atoms with Crippen LogP contribution in [0.1, 0.15) is 84.6 Å². The van der Waals surface area contributed by atoms with Crippen LogP contribution in [0.2, 0.25) is 0 Å². The van der Waals surface area contributed by atoms with E-state index in [1.54, 1.807) is 0 Å². The van der Waals surface area contributed by atoms with Crippen molar-refractivity contribution < 1.29 is 4.79 Å². The van der Waals surface area contributed by atoms with Gasteiger partial charge in [-0.15, -0.1) is 0 Å². The molecule has 0 fully saturated rings. The third-order valence-corrected chi connectivity index (χ3v) is 4.12. The zero-order chi connectivity index (χ0) is 17.1. The van der Waals surface area contributed by atoms with Crippen LogP contribution in [-0.4, -0.2) is 21.9 Å². The first-order valence-corrected chi connectivity index (χ1v) is 9.26. The molecule has 0 aliphatic rings. The van der Waals surface area contributed by atoms with Gasteiger partial charge in [0.2, 0.25) is 11.9 Å². The summed E-state index contributed by atoms with van der Waals surface area (Å²) in [5.74, 6) is 0.700. The molecule has 0 aromatic carbocycles. The minimum absolute atomic E-state index is 0.137. The van der Waals surface area contributed by atoms with Crippen LogP contribution in [-0.2, 0) is 11.2 Å². The lowest BCUT2D eigenvalue weighted by molar-refractivity contribution is -0.119. The Bertz CT molecular complexity index is 444. The van der Waals surface area contributed by atoms with Gasteiger partial charge in [0.25, 0.3) is 0 Å². The third-order valence-electron chi connectivity index (χ3n) is 4.12. The van der Waals surface area contributed by atoms with Crippen molar-refractivity contribution in [1.29, 1.82) is 0 Å². The Morgan fingerprint density at radius 2 is 1.70 bits per heavy atom. The van der Waals surface area contributed by atoms with Crippen molar-refractivity contribution in [3.63, 3.8) is 0 Å². The van der Waals surface area contributed by atoms with E-state index in [-0.39, 0.29) is 11.9 Å². The molecule has 1 amide bonds. The quantitative estimate of drug-likeness (QED) is 0.544. The number of nitrogens with zero attached hydrogens (tertiary/aromatic N) is 3. The summed E-state index contributed by atoms with van der Waals surface area (Å²) in [4.78, 5) is 23.3. The first kappa shape index (κ1) is 19.6. The molecule has 1 unspecified atom stereocenters. The molecule has 0 radical (unpaired) electrons. The Kier molecular flexibility index (Phi) is 9.49. The van der Waals surface area contributed by atoms with Crippen LogP contribution in [0.15, 0.2) is 12.4 Å². The van der Waals surface area contributed by atoms with Crippen LogP contribution >= 0.6 is 0 Å². The molecule has 0 aliphatic heterocycles. The Labute approximate surface area is 141 Å². The number of aromatic nitrogens is 2. The molecular formula is C19H33N3O. The SMILES string of the molecule is CCCCCC(C)N(C(=O)CCC)c1ncc(CCCC)cn1. The van der Waals surface area contributed by atoms with Crippen LogP contribution in [0.5, 0.6) is 0 Å². The van der Waals surface area contributed by atoms with Crippen molar-refractivity contribution in [3.05, 3.63) is 18.0 Å². The van der Waals surface area contributed by atoms with Crippen LogP contribution in [0.3, 0.4) is 0 Å². The molecule has 0 aliphatic carbocycles. The predicted molar refractivity (Wildman–Crippen MR) is 96.6 cm³/mol. The number of unbranched alkanes of at least 4 members (excludes halogenated alkanes) is 3. The van der Waals surface area contributed by atoms with Gasteiger partial charge in [-0.3, -0.25) is 9.69 Å². The highest BCUT2D eigenvalue weighted by Crippen LogP contribution is 2.18. The number of rotatable bonds is 11. The number of hydrogen-bond acceptors (Lipinski definition) is 3. The minimum atomic E-state index is 0.137. The number of amides is 1. The molecule has 1 rings (SSSR count). The molecule has 130 valence electrons. The predicted octanol–water partition coefficient (Wildman–Crippen LogP) is 4.92. The zero-order valence-electron chi connectivity index (χ0n) is 15.3. The molecule has 0 saturated carbocycles. The van der Waals surface area contributed by atoms with Crippen LogP contribution in [0, 0.1) is 0 Å². The second kappa shape index (κ2) is 11.1. The Morgan fingerprint density at radius 3 is 2.26 bits per heavy atom. The molecule has 0 saturated heterocycles. The lowest BCUT2D eigenvalue weighted by atomic mass is 10.1. The van der Waals surface area contributed by atoms with Gasteiger partial charge in [0, 0.05) is 24.9 Å². The van der Waals surface area contributed by atoms with Crippen molar-refractivity contribution in [1.82, 2.24) is 9.97 Å². The Morgan fingerprint density at radius 1 is 1.04 bits per heavy atom. The summed E-state index contributed by atoms with van der Waals surface area (Å²) in [5.41, 5.74) is 1.15. The van der Waals surface area contributed by atoms with Gasteiger partial charge in [-0.2, -0.15) is 0 Å². The molecule has 23 heavy (non-hydrogen) atoms. The average Bonchev–Trinajstić information content (AvgIpc) is 2.55. The topological polar surface area (TPSA) is 46.1 Å². The Balaban J connectivity index is 2.83. The first-order valence-electron chi connectivity index (χ1n) is 9.26. The summed E-state index contributed by atoms with van der Waals surface area (Å²) in [6.07, 6.45) is 13.0. The Hall–Kier alpha value is -1.45. The third kappa shape index (κ3) is 6.67. The van der Waals surface area contributed by atoms with E-state index in [9.17, 15) is 4.79 Å². The van der Waals surface area contributed by atoms with E-state index in [0.29, 0.717) is 12.4 Å². The van der Waals surface area contributed by atoms with Crippen molar-refractivity contribution in [2.75, 3.05) is 4.90 Å². The van der Waals surface area contributed by atoms with Gasteiger partial charge in [0.1, 0.15) is 0 Å². The summed E-state index contributed by atoms with van der Waals surface area (Å²) < 4.78 is 0. The van der Waals surface area contributed by atoms with E-state index < -0.39 is 0 Å². The van der Waals surface area contributed by atoms with E-state index in [4.69, 9.17) is 0 Å². The zero-order valence-corrected chi connectivity index (χ0v) is 15.3. The summed E-state index contributed by atoms with van der Waals surface area (Å²) in [7, 11) is 0. The van der Waals surface area contributed by atoms with Gasteiger partial charge < -0.3 is 0 Å². The fourth-order valence-electron chi connectivity index (χ4n) is 2.69. The average molecular weight is 319 g/mol. The van der Waals surface area contributed by atoms with Crippen LogP contribution < -0.4 is 4.90 Å². The molecule has 0 bridgehead atoms. The van der Waals surface area contributed by atoms with Gasteiger partial charge in [0.05, 0.1) is 0 Å². The highest BCUT2D eigenvalue weighted by atomic mass is 16.2. The maximum absolute atomic E-state index is 12.5. The molecule has 1 aromatic rings. The van der Waals surface area contributed by atoms with Gasteiger partial charge in [-0.25, -0.2) is 9.97 Å². The largest absolute Gasteiger partial charge is 0.278 e. The van der Waals surface area contributed by atoms with Gasteiger partial charge in [-0.1, -0.05) is 46.5 Å². The van der Waals surface area contributed by atoms with Crippen molar-refractivity contribution in [3.8, 4) is 0 Å². The number of anilines is 1. The molecule has 4 heteroatoms. The number of aryl methyl sites for hydroxylation is 1. The smallest absolute Gasteiger partial charge is 0.232 e. The molecular weight excluding hydrogens is 286 g/mol. The van der Waals surface area contributed by atoms with Crippen molar-refractivity contribution >= 4 is 11.9 Å². The normalized spacial score (nSPS) is 12.2. The first-order chi connectivity index (χ1) is 11.1. The van der Waals surface area contributed by atoms with E-state index in [1.165, 1.54) is 12.8 Å². The standard InChI is InChI=1S/C19H33N3O/c1-5-8-10-12-16(4)22(18(23)11-7-3)19-20-14-17(15-21-19)13-9-6-2/h14-16H,5-13H2,1-4H3. The maximum Gasteiger partial charge on any atom is 0.232 e. The number of carbonyl (C=O) groups excluding carboxylic acids is 1. The maximum atomic E-state index is 12.5. The highest BCUT2D eigenvalue weighted by Gasteiger charge is 2.23. The summed E-state index contributed by atoms with van der Waals surface area (Å²) in [6, 6.07) is 0.155. The summed E-state index contributed by atoms with van der Waals surface area (Å²) >= 11 is 0. The molecule has 0 spiro atoms. The monoisotopic (exact) mass is 319 g/mol. The van der Waals surface area contributed by atoms with Gasteiger partial charge >= 0.3 is 0 Å². The fraction of sp³-hybridized carbons (Fsp3) is 0.737. The highest BCUT2D eigenvalue weighted by molar-refractivity contribution is 5.92. The van der Waals surface area contributed by atoms with Crippen molar-refractivity contribution in [2.45, 2.75) is 91.5 Å². The molecule has 4 nitrogen and oxygen atoms in total. The van der Waals surface area contributed by atoms with E-state index in [2.05, 4.69) is 30.7 Å². The number of hydrogen-bond donors (Lipinski definition) is 0. The lowest BCUT2D eigenvalue weighted by Crippen LogP contribution is -2.40.